The van der Waals surface area contributed by atoms with Crippen molar-refractivity contribution >= 4 is 40.0 Å². The van der Waals surface area contributed by atoms with E-state index >= 15 is 0 Å². The Bertz CT molecular complexity index is 1550. The van der Waals surface area contributed by atoms with Crippen LogP contribution in [0.1, 0.15) is 42.2 Å². The number of carbonyl (C=O) groups is 3. The molecule has 0 aliphatic carbocycles. The van der Waals surface area contributed by atoms with Crippen LogP contribution in [0, 0.1) is 5.92 Å². The molecule has 6 rings (SSSR count). The number of piperidine rings is 2. The Balaban J connectivity index is 1.01. The molecule has 1 atom stereocenters. The van der Waals surface area contributed by atoms with E-state index < -0.39 is 17.9 Å². The van der Waals surface area contributed by atoms with Crippen molar-refractivity contribution in [3.05, 3.63) is 52.8 Å². The van der Waals surface area contributed by atoms with Crippen LogP contribution in [0.2, 0.25) is 0 Å². The molecule has 0 saturated carbocycles. The molecule has 1 aromatic carbocycles. The van der Waals surface area contributed by atoms with E-state index in [0.717, 1.165) is 75.3 Å². The number of fused-ring (bicyclic) bond motifs is 1. The number of hydrogen-bond donors (Lipinski definition) is 2. The largest absolute Gasteiger partial charge is 0.369 e. The zero-order chi connectivity index (χ0) is 29.2. The van der Waals surface area contributed by atoms with E-state index in [2.05, 4.69) is 35.1 Å². The van der Waals surface area contributed by atoms with Gasteiger partial charge in [0.25, 0.3) is 17.4 Å². The maximum Gasteiger partial charge on any atom is 0.299 e. The van der Waals surface area contributed by atoms with Crippen molar-refractivity contribution in [2.24, 2.45) is 5.92 Å². The van der Waals surface area contributed by atoms with Gasteiger partial charge in [0.2, 0.25) is 5.91 Å². The minimum Gasteiger partial charge on any atom is -0.369 e. The monoisotopic (exact) mass is 577 g/mol. The Hall–Kier alpha value is -4.46. The molecule has 3 aliphatic rings. The number of piperazine rings is 1. The van der Waals surface area contributed by atoms with E-state index in [1.54, 1.807) is 12.3 Å². The Labute approximate surface area is 240 Å². The van der Waals surface area contributed by atoms with E-state index in [-0.39, 0.29) is 30.0 Å². The van der Waals surface area contributed by atoms with Gasteiger partial charge in [0.15, 0.2) is 0 Å². The number of nitrogens with one attached hydrogen (secondary N) is 2. The minimum atomic E-state index is -0.901. The lowest BCUT2D eigenvalue weighted by Crippen LogP contribution is -2.49. The fourth-order valence-corrected chi connectivity index (χ4v) is 6.03. The molecule has 1 unspecified atom stereocenters. The lowest BCUT2D eigenvalue weighted by Gasteiger charge is -2.39. The van der Waals surface area contributed by atoms with Crippen molar-refractivity contribution in [2.75, 3.05) is 55.6 Å². The van der Waals surface area contributed by atoms with E-state index in [9.17, 15) is 23.7 Å². The van der Waals surface area contributed by atoms with Gasteiger partial charge in [0, 0.05) is 63.3 Å². The van der Waals surface area contributed by atoms with Crippen LogP contribution < -0.4 is 26.2 Å². The van der Waals surface area contributed by atoms with Gasteiger partial charge in [-0.2, -0.15) is 10.6 Å². The first-order chi connectivity index (χ1) is 20.4. The summed E-state index contributed by atoms with van der Waals surface area (Å²) in [6.45, 7) is 6.37. The molecular weight excluding hydrogens is 545 g/mol. The lowest BCUT2D eigenvalue weighted by atomic mass is 9.96. The van der Waals surface area contributed by atoms with Crippen LogP contribution >= 0.6 is 0 Å². The van der Waals surface area contributed by atoms with Gasteiger partial charge in [-0.25, -0.2) is 14.6 Å². The first kappa shape index (κ1) is 27.7. The molecule has 2 N–H and O–H groups in total. The second-order valence-electron chi connectivity index (χ2n) is 11.0. The number of imide groups is 1. The highest BCUT2D eigenvalue weighted by atomic mass is 19.2. The predicted molar refractivity (Wildman–Crippen MR) is 152 cm³/mol. The maximum atomic E-state index is 13.1. The van der Waals surface area contributed by atoms with Gasteiger partial charge in [-0.15, -0.1) is 0 Å². The number of carbonyl (C=O) groups excluding carboxylic acids is 3. The number of amides is 3. The van der Waals surface area contributed by atoms with Gasteiger partial charge in [-0.3, -0.25) is 29.4 Å². The Morgan fingerprint density at radius 2 is 1.74 bits per heavy atom. The van der Waals surface area contributed by atoms with Crippen molar-refractivity contribution in [2.45, 2.75) is 31.7 Å². The molecule has 13 nitrogen and oxygen atoms in total. The third kappa shape index (κ3) is 5.66. The van der Waals surface area contributed by atoms with Gasteiger partial charge in [-0.05, 0) is 43.4 Å². The molecule has 42 heavy (non-hydrogen) atoms. The molecule has 14 heteroatoms. The topological polar surface area (TPSA) is 146 Å². The summed E-state index contributed by atoms with van der Waals surface area (Å²) < 4.78 is 13.5. The number of nitrogens with zero attached hydrogens (tertiary/aromatic N) is 7. The zero-order valence-electron chi connectivity index (χ0n) is 23.0. The number of halogens is 1. The number of rotatable bonds is 6. The van der Waals surface area contributed by atoms with Gasteiger partial charge in [0.1, 0.15) is 17.6 Å². The van der Waals surface area contributed by atoms with Crippen LogP contribution in [0.4, 0.5) is 16.0 Å². The molecule has 0 radical (unpaired) electrons. The molecule has 3 aromatic rings. The quantitative estimate of drug-likeness (QED) is 0.319. The SMILES string of the molecule is O=C1CCC(n2ncc3cc(N4CCN(CC5CCN(c6cnc(C(=O)NF)cn6)CC5)CC4)ccc3c2=O)C(=O)N1. The van der Waals surface area contributed by atoms with E-state index in [0.29, 0.717) is 17.1 Å². The van der Waals surface area contributed by atoms with Gasteiger partial charge in [-0.1, -0.05) is 4.48 Å². The molecule has 2 aromatic heterocycles. The van der Waals surface area contributed by atoms with Crippen molar-refractivity contribution in [3.8, 4) is 0 Å². The molecular formula is C28H32FN9O4. The average Bonchev–Trinajstić information content (AvgIpc) is 3.02. The molecule has 3 saturated heterocycles. The van der Waals surface area contributed by atoms with E-state index in [4.69, 9.17) is 0 Å². The molecule has 5 heterocycles. The number of aromatic nitrogens is 4. The Kier molecular flexibility index (Phi) is 7.78. The molecule has 3 aliphatic heterocycles. The Morgan fingerprint density at radius 1 is 0.952 bits per heavy atom. The van der Waals surface area contributed by atoms with Crippen molar-refractivity contribution < 1.29 is 18.9 Å². The normalized spacial score (nSPS) is 20.5. The molecule has 0 spiro atoms. The van der Waals surface area contributed by atoms with Crippen LogP contribution in [-0.4, -0.2) is 88.2 Å². The third-order valence-corrected chi connectivity index (χ3v) is 8.45. The van der Waals surface area contributed by atoms with Gasteiger partial charge < -0.3 is 9.80 Å². The van der Waals surface area contributed by atoms with E-state index in [1.807, 2.05) is 12.1 Å². The second-order valence-corrected chi connectivity index (χ2v) is 11.0. The average molecular weight is 578 g/mol. The zero-order valence-corrected chi connectivity index (χ0v) is 23.0. The van der Waals surface area contributed by atoms with Crippen LogP contribution in [0.5, 0.6) is 0 Å². The fraction of sp³-hybridized carbons (Fsp3) is 0.464. The van der Waals surface area contributed by atoms with Gasteiger partial charge >= 0.3 is 0 Å². The van der Waals surface area contributed by atoms with Crippen molar-refractivity contribution in [1.29, 1.82) is 0 Å². The first-order valence-corrected chi connectivity index (χ1v) is 14.2. The number of anilines is 2. The van der Waals surface area contributed by atoms with Crippen molar-refractivity contribution in [3.63, 3.8) is 0 Å². The molecule has 220 valence electrons. The number of benzene rings is 1. The lowest BCUT2D eigenvalue weighted by molar-refractivity contribution is -0.136. The van der Waals surface area contributed by atoms with Crippen LogP contribution in [0.3, 0.4) is 0 Å². The smallest absolute Gasteiger partial charge is 0.299 e. The maximum absolute atomic E-state index is 13.1. The summed E-state index contributed by atoms with van der Waals surface area (Å²) in [7, 11) is 0. The highest BCUT2D eigenvalue weighted by Crippen LogP contribution is 2.25. The van der Waals surface area contributed by atoms with Crippen molar-refractivity contribution in [1.82, 2.24) is 35.5 Å². The molecule has 3 fully saturated rings. The summed E-state index contributed by atoms with van der Waals surface area (Å²) in [4.78, 5) is 63.4. The highest BCUT2D eigenvalue weighted by molar-refractivity contribution is 5.99. The molecule has 0 bridgehead atoms. The second kappa shape index (κ2) is 11.8. The third-order valence-electron chi connectivity index (χ3n) is 8.45. The van der Waals surface area contributed by atoms with E-state index in [1.165, 1.54) is 17.1 Å². The first-order valence-electron chi connectivity index (χ1n) is 14.2. The summed E-state index contributed by atoms with van der Waals surface area (Å²) in [5, 5.41) is 7.77. The summed E-state index contributed by atoms with van der Waals surface area (Å²) >= 11 is 0. The number of hydrogen-bond acceptors (Lipinski definition) is 10. The van der Waals surface area contributed by atoms with Crippen LogP contribution in [-0.2, 0) is 9.59 Å². The molecule has 3 amide bonds. The minimum absolute atomic E-state index is 0.0521. The summed E-state index contributed by atoms with van der Waals surface area (Å²) in [6.07, 6.45) is 6.93. The summed E-state index contributed by atoms with van der Waals surface area (Å²) in [5.41, 5.74) is 1.71. The van der Waals surface area contributed by atoms with Crippen LogP contribution in [0.25, 0.3) is 10.8 Å². The Morgan fingerprint density at radius 3 is 2.43 bits per heavy atom. The standard InChI is InChI=1S/C28H32FN9O4/c29-34-26(40)22-15-31-24(16-30-22)37-7-5-18(6-8-37)17-35-9-11-36(12-10-35)20-1-2-21-19(13-20)14-32-38(28(21)42)23-3-4-25(39)33-27(23)41/h1-2,13-16,18,23H,3-12,17H2,(H,34,40)(H,33,39,41). The fourth-order valence-electron chi connectivity index (χ4n) is 6.03. The summed E-state index contributed by atoms with van der Waals surface area (Å²) in [5.74, 6) is -0.453. The summed E-state index contributed by atoms with van der Waals surface area (Å²) in [6, 6.07) is 4.94. The highest BCUT2D eigenvalue weighted by Gasteiger charge is 2.30. The van der Waals surface area contributed by atoms with Gasteiger partial charge in [0.05, 0.1) is 24.0 Å². The predicted octanol–water partition coefficient (Wildman–Crippen LogP) is 0.817. The van der Waals surface area contributed by atoms with Crippen LogP contribution in [0.15, 0.2) is 41.6 Å².